The molecule has 0 saturated heterocycles. The maximum atomic E-state index is 12.3. The zero-order valence-corrected chi connectivity index (χ0v) is 12.8. The van der Waals surface area contributed by atoms with Crippen LogP contribution in [0.15, 0.2) is 12.3 Å². The van der Waals surface area contributed by atoms with E-state index in [4.69, 9.17) is 11.6 Å². The van der Waals surface area contributed by atoms with Gasteiger partial charge in [-0.25, -0.2) is 4.98 Å². The minimum atomic E-state index is -0.592. The molecule has 114 valence electrons. The zero-order chi connectivity index (χ0) is 15.6. The van der Waals surface area contributed by atoms with Gasteiger partial charge in [0.15, 0.2) is 0 Å². The molecular weight excluding hydrogens is 294 g/mol. The van der Waals surface area contributed by atoms with E-state index in [0.29, 0.717) is 11.8 Å². The number of carbonyl (C=O) groups excluding carboxylic acids is 1. The average Bonchev–Trinajstić information content (AvgIpc) is 2.42. The molecule has 1 fully saturated rings. The highest BCUT2D eigenvalue weighted by atomic mass is 35.5. The van der Waals surface area contributed by atoms with Gasteiger partial charge in [0.2, 0.25) is 0 Å². The molecule has 0 spiro atoms. The Morgan fingerprint density at radius 2 is 2.19 bits per heavy atom. The first-order valence-electron chi connectivity index (χ1n) is 6.99. The Bertz CT molecular complexity index is 564. The third kappa shape index (κ3) is 3.69. The van der Waals surface area contributed by atoms with Gasteiger partial charge in [-0.3, -0.25) is 14.9 Å². The third-order valence-corrected chi connectivity index (χ3v) is 4.33. The lowest BCUT2D eigenvalue weighted by Gasteiger charge is -2.33. The highest BCUT2D eigenvalue weighted by Gasteiger charge is 2.28. The first-order chi connectivity index (χ1) is 9.88. The van der Waals surface area contributed by atoms with E-state index in [-0.39, 0.29) is 22.4 Å². The number of hydrogen-bond donors (Lipinski definition) is 1. The number of nitrogens with one attached hydrogen (secondary N) is 1. The van der Waals surface area contributed by atoms with Gasteiger partial charge in [-0.1, -0.05) is 25.4 Å². The summed E-state index contributed by atoms with van der Waals surface area (Å²) < 4.78 is 0. The summed E-state index contributed by atoms with van der Waals surface area (Å²) in [4.78, 5) is 26.1. The number of hydrogen-bond acceptors (Lipinski definition) is 4. The van der Waals surface area contributed by atoms with Gasteiger partial charge >= 0.3 is 0 Å². The molecule has 1 aromatic heterocycles. The number of pyridine rings is 1. The topological polar surface area (TPSA) is 85.1 Å². The van der Waals surface area contributed by atoms with Gasteiger partial charge in [0.1, 0.15) is 11.3 Å². The van der Waals surface area contributed by atoms with Crippen molar-refractivity contribution in [2.24, 2.45) is 11.8 Å². The fraction of sp³-hybridized carbons (Fsp3) is 0.571. The summed E-state index contributed by atoms with van der Waals surface area (Å²) in [6.45, 7) is 4.31. The second-order valence-corrected chi connectivity index (χ2v) is 6.12. The molecule has 0 aromatic carbocycles. The lowest BCUT2D eigenvalue weighted by molar-refractivity contribution is -0.385. The van der Waals surface area contributed by atoms with E-state index in [1.807, 2.05) is 0 Å². The third-order valence-electron chi connectivity index (χ3n) is 4.03. The Labute approximate surface area is 128 Å². The van der Waals surface area contributed by atoms with Crippen LogP contribution in [0.25, 0.3) is 0 Å². The van der Waals surface area contributed by atoms with Crippen LogP contribution in [0.1, 0.15) is 43.5 Å². The molecule has 1 aliphatic carbocycles. The molecular formula is C14H18ClN3O3. The Hall–Kier alpha value is -1.69. The maximum Gasteiger partial charge on any atom is 0.288 e. The Kier molecular flexibility index (Phi) is 4.77. The fourth-order valence-electron chi connectivity index (χ4n) is 2.82. The number of halogens is 1. The molecule has 21 heavy (non-hydrogen) atoms. The second kappa shape index (κ2) is 6.39. The monoisotopic (exact) mass is 311 g/mol. The molecule has 6 nitrogen and oxygen atoms in total. The highest BCUT2D eigenvalue weighted by Crippen LogP contribution is 2.29. The Balaban J connectivity index is 2.13. The Morgan fingerprint density at radius 3 is 2.81 bits per heavy atom. The van der Waals surface area contributed by atoms with Crippen molar-refractivity contribution in [3.63, 3.8) is 0 Å². The van der Waals surface area contributed by atoms with Gasteiger partial charge in [-0.2, -0.15) is 0 Å². The van der Waals surface area contributed by atoms with Crippen molar-refractivity contribution in [1.82, 2.24) is 10.3 Å². The summed E-state index contributed by atoms with van der Waals surface area (Å²) in [6, 6.07) is 1.24. The normalized spacial score (nSPS) is 25.4. The van der Waals surface area contributed by atoms with Crippen molar-refractivity contribution in [3.8, 4) is 0 Å². The number of nitrogens with zero attached hydrogens (tertiary/aromatic N) is 2. The van der Waals surface area contributed by atoms with Crippen LogP contribution in [0.3, 0.4) is 0 Å². The van der Waals surface area contributed by atoms with E-state index in [9.17, 15) is 14.9 Å². The van der Waals surface area contributed by atoms with Crippen LogP contribution in [0.2, 0.25) is 5.15 Å². The lowest BCUT2D eigenvalue weighted by atomic mass is 9.80. The molecule has 1 saturated carbocycles. The van der Waals surface area contributed by atoms with Crippen LogP contribution >= 0.6 is 11.6 Å². The number of aromatic nitrogens is 1. The zero-order valence-electron chi connectivity index (χ0n) is 12.0. The first kappa shape index (κ1) is 15.7. The van der Waals surface area contributed by atoms with Crippen LogP contribution < -0.4 is 5.32 Å². The van der Waals surface area contributed by atoms with Gasteiger partial charge in [-0.05, 0) is 31.1 Å². The van der Waals surface area contributed by atoms with Gasteiger partial charge in [0.25, 0.3) is 11.6 Å². The summed E-state index contributed by atoms with van der Waals surface area (Å²) in [5.41, 5.74) is -0.188. The predicted octanol–water partition coefficient (Wildman–Crippen LogP) is 3.20. The van der Waals surface area contributed by atoms with E-state index in [0.717, 1.165) is 25.5 Å². The Morgan fingerprint density at radius 1 is 1.48 bits per heavy atom. The van der Waals surface area contributed by atoms with E-state index in [2.05, 4.69) is 24.1 Å². The van der Waals surface area contributed by atoms with Crippen molar-refractivity contribution in [1.29, 1.82) is 0 Å². The number of rotatable bonds is 3. The first-order valence-corrected chi connectivity index (χ1v) is 7.37. The van der Waals surface area contributed by atoms with Crippen molar-refractivity contribution in [2.45, 2.75) is 39.2 Å². The van der Waals surface area contributed by atoms with Crippen molar-refractivity contribution in [2.75, 3.05) is 0 Å². The van der Waals surface area contributed by atoms with Crippen LogP contribution in [-0.4, -0.2) is 21.9 Å². The molecule has 2 rings (SSSR count). The SMILES string of the molecule is CC1CCC(NC(=O)c2cc([N+](=O)[O-])cnc2Cl)C(C)C1. The average molecular weight is 312 g/mol. The summed E-state index contributed by atoms with van der Waals surface area (Å²) >= 11 is 5.88. The predicted molar refractivity (Wildman–Crippen MR) is 79.3 cm³/mol. The quantitative estimate of drug-likeness (QED) is 0.527. The molecule has 1 aromatic rings. The standard InChI is InChI=1S/C14H18ClN3O3/c1-8-3-4-12(9(2)5-8)17-14(19)11-6-10(18(20)21)7-16-13(11)15/h6-9,12H,3-5H2,1-2H3,(H,17,19). The number of amides is 1. The van der Waals surface area contributed by atoms with Crippen molar-refractivity contribution in [3.05, 3.63) is 33.1 Å². The molecule has 3 unspecified atom stereocenters. The van der Waals surface area contributed by atoms with Gasteiger partial charge in [-0.15, -0.1) is 0 Å². The van der Waals surface area contributed by atoms with E-state index >= 15 is 0 Å². The molecule has 7 heteroatoms. The van der Waals surface area contributed by atoms with Gasteiger partial charge < -0.3 is 5.32 Å². The lowest BCUT2D eigenvalue weighted by Crippen LogP contribution is -2.42. The summed E-state index contributed by atoms with van der Waals surface area (Å²) in [5.74, 6) is 0.641. The molecule has 0 aliphatic heterocycles. The fourth-order valence-corrected chi connectivity index (χ4v) is 3.01. The van der Waals surface area contributed by atoms with E-state index in [1.165, 1.54) is 6.07 Å². The minimum Gasteiger partial charge on any atom is -0.349 e. The molecule has 1 N–H and O–H groups in total. The summed E-state index contributed by atoms with van der Waals surface area (Å²) in [6.07, 6.45) is 4.08. The smallest absolute Gasteiger partial charge is 0.288 e. The molecule has 1 amide bonds. The molecule has 3 atom stereocenters. The highest BCUT2D eigenvalue weighted by molar-refractivity contribution is 6.32. The largest absolute Gasteiger partial charge is 0.349 e. The molecule has 0 bridgehead atoms. The van der Waals surface area contributed by atoms with Crippen molar-refractivity contribution >= 4 is 23.2 Å². The van der Waals surface area contributed by atoms with E-state index in [1.54, 1.807) is 0 Å². The van der Waals surface area contributed by atoms with Gasteiger partial charge in [0, 0.05) is 12.1 Å². The number of carbonyl (C=O) groups is 1. The molecule has 1 heterocycles. The van der Waals surface area contributed by atoms with Crippen LogP contribution in [0.4, 0.5) is 5.69 Å². The van der Waals surface area contributed by atoms with Crippen molar-refractivity contribution < 1.29 is 9.72 Å². The van der Waals surface area contributed by atoms with Crippen LogP contribution in [0.5, 0.6) is 0 Å². The molecule has 1 aliphatic rings. The summed E-state index contributed by atoms with van der Waals surface area (Å²) in [7, 11) is 0. The van der Waals surface area contributed by atoms with E-state index < -0.39 is 10.8 Å². The number of nitro groups is 1. The second-order valence-electron chi connectivity index (χ2n) is 5.76. The maximum absolute atomic E-state index is 12.3. The molecule has 0 radical (unpaired) electrons. The van der Waals surface area contributed by atoms with Gasteiger partial charge in [0.05, 0.1) is 10.5 Å². The minimum absolute atomic E-state index is 0.0186. The van der Waals surface area contributed by atoms with Crippen LogP contribution in [0, 0.1) is 22.0 Å². The van der Waals surface area contributed by atoms with Crippen LogP contribution in [-0.2, 0) is 0 Å². The summed E-state index contributed by atoms with van der Waals surface area (Å²) in [5, 5.41) is 13.7.